The minimum absolute atomic E-state index is 0.108. The van der Waals surface area contributed by atoms with Crippen molar-refractivity contribution in [3.63, 3.8) is 0 Å². The Balaban J connectivity index is 0.000000202. The fourth-order valence-corrected chi connectivity index (χ4v) is 4.15. The van der Waals surface area contributed by atoms with Gasteiger partial charge in [0.15, 0.2) is 0 Å². The molecule has 2 aliphatic heterocycles. The van der Waals surface area contributed by atoms with E-state index in [1.165, 1.54) is 4.90 Å². The van der Waals surface area contributed by atoms with Crippen LogP contribution < -0.4 is 5.32 Å². The molecule has 0 saturated heterocycles. The quantitative estimate of drug-likeness (QED) is 0.499. The first-order valence-corrected chi connectivity index (χ1v) is 11.2. The van der Waals surface area contributed by atoms with Gasteiger partial charge < -0.3 is 10.2 Å². The number of carbonyl (C=O) groups excluding carboxylic acids is 2. The van der Waals surface area contributed by atoms with Crippen molar-refractivity contribution in [1.82, 2.24) is 10.2 Å². The Morgan fingerprint density at radius 1 is 0.722 bits per heavy atom. The summed E-state index contributed by atoms with van der Waals surface area (Å²) in [5.74, 6) is -6.43. The molecule has 0 atom stereocenters. The molecular formula is C26H24F6N2O2. The van der Waals surface area contributed by atoms with Crippen LogP contribution in [0.3, 0.4) is 0 Å². The number of halogens is 6. The summed E-state index contributed by atoms with van der Waals surface area (Å²) in [6.07, 6.45) is 1.52. The molecule has 4 nitrogen and oxygen atoms in total. The number of nitrogens with one attached hydrogen (secondary N) is 1. The van der Waals surface area contributed by atoms with Crippen molar-refractivity contribution in [3.05, 3.63) is 81.4 Å². The maximum atomic E-state index is 13.9. The summed E-state index contributed by atoms with van der Waals surface area (Å²) in [6, 6.07) is 2.45. The number of allylic oxidation sites excluding steroid dienone is 2. The van der Waals surface area contributed by atoms with Crippen LogP contribution in [0, 0.1) is 34.9 Å². The molecule has 4 rings (SSSR count). The third kappa shape index (κ3) is 5.63. The summed E-state index contributed by atoms with van der Waals surface area (Å²) >= 11 is 0. The van der Waals surface area contributed by atoms with Crippen molar-refractivity contribution in [1.29, 1.82) is 0 Å². The molecule has 0 bridgehead atoms. The second-order valence-electron chi connectivity index (χ2n) is 8.46. The third-order valence-corrected chi connectivity index (χ3v) is 5.92. The minimum Gasteiger partial charge on any atom is -0.325 e. The van der Waals surface area contributed by atoms with E-state index in [-0.39, 0.29) is 34.3 Å². The summed E-state index contributed by atoms with van der Waals surface area (Å²) in [5.41, 5.74) is 1.04. The topological polar surface area (TPSA) is 49.4 Å². The van der Waals surface area contributed by atoms with Gasteiger partial charge in [-0.3, -0.25) is 9.59 Å². The largest absolute Gasteiger partial charge is 0.325 e. The van der Waals surface area contributed by atoms with Gasteiger partial charge in [0.25, 0.3) is 0 Å². The van der Waals surface area contributed by atoms with Crippen LogP contribution in [0.2, 0.25) is 0 Å². The van der Waals surface area contributed by atoms with Crippen LogP contribution in [-0.4, -0.2) is 23.3 Å². The predicted octanol–water partition coefficient (Wildman–Crippen LogP) is 6.22. The first-order chi connectivity index (χ1) is 16.9. The Bertz CT molecular complexity index is 1240. The normalized spacial score (nSPS) is 16.2. The smallest absolute Gasteiger partial charge is 0.227 e. The van der Waals surface area contributed by atoms with Gasteiger partial charge in [0.1, 0.15) is 34.9 Å². The Morgan fingerprint density at radius 3 is 1.69 bits per heavy atom. The van der Waals surface area contributed by atoms with E-state index >= 15 is 0 Å². The third-order valence-electron chi connectivity index (χ3n) is 5.92. The molecule has 0 aliphatic carbocycles. The molecule has 2 heterocycles. The number of benzene rings is 2. The van der Waals surface area contributed by atoms with E-state index in [9.17, 15) is 35.9 Å². The molecule has 0 radical (unpaired) electrons. The molecular weight excluding hydrogens is 486 g/mol. The van der Waals surface area contributed by atoms with Gasteiger partial charge in [0, 0.05) is 43.7 Å². The van der Waals surface area contributed by atoms with Crippen LogP contribution in [0.25, 0.3) is 11.4 Å². The highest BCUT2D eigenvalue weighted by molar-refractivity contribution is 5.91. The van der Waals surface area contributed by atoms with Crippen LogP contribution in [0.1, 0.15) is 57.6 Å². The molecule has 1 N–H and O–H groups in total. The van der Waals surface area contributed by atoms with E-state index in [2.05, 4.69) is 5.32 Å². The SMILES string of the molecule is CC1=C(c2c(F)cc(F)cc2F)NC(=O)CC1.CCN1C(=O)CCC(C)=C1c1c(F)cc(F)cc1F. The van der Waals surface area contributed by atoms with Gasteiger partial charge >= 0.3 is 0 Å². The second-order valence-corrected chi connectivity index (χ2v) is 8.46. The van der Waals surface area contributed by atoms with Crippen molar-refractivity contribution in [2.24, 2.45) is 0 Å². The number of hydrogen-bond acceptors (Lipinski definition) is 2. The van der Waals surface area contributed by atoms with Gasteiger partial charge in [-0.25, -0.2) is 26.3 Å². The fraction of sp³-hybridized carbons (Fsp3) is 0.308. The molecule has 36 heavy (non-hydrogen) atoms. The zero-order valence-corrected chi connectivity index (χ0v) is 19.9. The molecule has 2 aromatic rings. The van der Waals surface area contributed by atoms with Crippen LogP contribution in [0.5, 0.6) is 0 Å². The highest BCUT2D eigenvalue weighted by Crippen LogP contribution is 2.34. The standard InChI is InChI=1S/C14H14F3NO.C12H10F3NO/c1-3-18-12(19)5-4-8(2)14(18)13-10(16)6-9(15)7-11(13)17;1-6-2-3-10(17)16-12(6)11-8(14)4-7(13)5-9(11)15/h6-7H,3-5H2,1-2H3;4-5H,2-3H2,1H3,(H,16,17). The number of rotatable bonds is 3. The molecule has 0 aromatic heterocycles. The average Bonchev–Trinajstić information content (AvgIpc) is 2.77. The van der Waals surface area contributed by atoms with Gasteiger partial charge in [0.05, 0.1) is 22.5 Å². The highest BCUT2D eigenvalue weighted by Gasteiger charge is 2.29. The van der Waals surface area contributed by atoms with Gasteiger partial charge in [-0.05, 0) is 44.8 Å². The Kier molecular flexibility index (Phi) is 8.27. The molecule has 2 aromatic carbocycles. The number of hydrogen-bond donors (Lipinski definition) is 1. The maximum absolute atomic E-state index is 13.9. The molecule has 0 fully saturated rings. The van der Waals surface area contributed by atoms with Crippen LogP contribution in [0.4, 0.5) is 26.3 Å². The van der Waals surface area contributed by atoms with Gasteiger partial charge in [-0.1, -0.05) is 0 Å². The molecule has 192 valence electrons. The zero-order chi connectivity index (χ0) is 26.7. The zero-order valence-electron chi connectivity index (χ0n) is 19.9. The van der Waals surface area contributed by atoms with Crippen molar-refractivity contribution in [3.8, 4) is 0 Å². The average molecular weight is 510 g/mol. The first-order valence-electron chi connectivity index (χ1n) is 11.2. The van der Waals surface area contributed by atoms with E-state index < -0.39 is 34.9 Å². The molecule has 10 heteroatoms. The van der Waals surface area contributed by atoms with Gasteiger partial charge in [0.2, 0.25) is 11.8 Å². The number of amides is 2. The van der Waals surface area contributed by atoms with Gasteiger partial charge in [-0.2, -0.15) is 0 Å². The Hall–Kier alpha value is -3.56. The second kappa shape index (κ2) is 11.0. The van der Waals surface area contributed by atoms with Crippen LogP contribution >= 0.6 is 0 Å². The fourth-order valence-electron chi connectivity index (χ4n) is 4.15. The summed E-state index contributed by atoms with van der Waals surface area (Å²) < 4.78 is 80.5. The molecule has 2 amide bonds. The monoisotopic (exact) mass is 510 g/mol. The summed E-state index contributed by atoms with van der Waals surface area (Å²) in [7, 11) is 0. The molecule has 0 spiro atoms. The lowest BCUT2D eigenvalue weighted by molar-refractivity contribution is -0.128. The van der Waals surface area contributed by atoms with Crippen molar-refractivity contribution in [2.75, 3.05) is 6.54 Å². The lowest BCUT2D eigenvalue weighted by Crippen LogP contribution is -2.33. The lowest BCUT2D eigenvalue weighted by Gasteiger charge is -2.31. The lowest BCUT2D eigenvalue weighted by atomic mass is 9.97. The molecule has 2 aliphatic rings. The Morgan fingerprint density at radius 2 is 1.19 bits per heavy atom. The van der Waals surface area contributed by atoms with E-state index in [4.69, 9.17) is 0 Å². The first kappa shape index (κ1) is 27.0. The molecule has 0 saturated carbocycles. The van der Waals surface area contributed by atoms with Crippen LogP contribution in [0.15, 0.2) is 35.4 Å². The van der Waals surface area contributed by atoms with Crippen molar-refractivity contribution < 1.29 is 35.9 Å². The van der Waals surface area contributed by atoms with E-state index in [0.29, 0.717) is 62.1 Å². The number of nitrogens with zero attached hydrogens (tertiary/aromatic N) is 1. The highest BCUT2D eigenvalue weighted by atomic mass is 19.2. The number of carbonyl (C=O) groups is 2. The minimum atomic E-state index is -1.01. The summed E-state index contributed by atoms with van der Waals surface area (Å²) in [6.45, 7) is 5.46. The van der Waals surface area contributed by atoms with E-state index in [0.717, 1.165) is 5.57 Å². The van der Waals surface area contributed by atoms with E-state index in [1.54, 1.807) is 20.8 Å². The van der Waals surface area contributed by atoms with Crippen LogP contribution in [-0.2, 0) is 9.59 Å². The van der Waals surface area contributed by atoms with Crippen molar-refractivity contribution in [2.45, 2.75) is 46.5 Å². The predicted molar refractivity (Wildman–Crippen MR) is 122 cm³/mol. The summed E-state index contributed by atoms with van der Waals surface area (Å²) in [4.78, 5) is 24.4. The summed E-state index contributed by atoms with van der Waals surface area (Å²) in [5, 5.41) is 2.42. The Labute approximate surface area is 204 Å². The maximum Gasteiger partial charge on any atom is 0.227 e. The van der Waals surface area contributed by atoms with Gasteiger partial charge in [-0.15, -0.1) is 0 Å². The van der Waals surface area contributed by atoms with Crippen molar-refractivity contribution >= 4 is 23.2 Å². The molecule has 0 unspecified atom stereocenters. The van der Waals surface area contributed by atoms with E-state index in [1.807, 2.05) is 0 Å².